The molecule has 0 aromatic carbocycles. The van der Waals surface area contributed by atoms with Crippen LogP contribution in [-0.4, -0.2) is 29.5 Å². The molecule has 3 heteroatoms. The van der Waals surface area contributed by atoms with Gasteiger partial charge in [-0.1, -0.05) is 19.1 Å². The molecular weight excluding hydrogens is 286 g/mol. The van der Waals surface area contributed by atoms with E-state index in [0.717, 1.165) is 44.9 Å². The molecule has 2 spiro atoms. The first-order valence-corrected chi connectivity index (χ1v) is 9.22. The van der Waals surface area contributed by atoms with Crippen LogP contribution in [-0.2, 0) is 4.74 Å². The van der Waals surface area contributed by atoms with Crippen LogP contribution in [0.5, 0.6) is 0 Å². The minimum atomic E-state index is -0.216. The molecule has 3 nitrogen and oxygen atoms in total. The summed E-state index contributed by atoms with van der Waals surface area (Å²) in [5.41, 5.74) is 3.86. The zero-order chi connectivity index (χ0) is 15.9. The van der Waals surface area contributed by atoms with Crippen LogP contribution < -0.4 is 5.32 Å². The summed E-state index contributed by atoms with van der Waals surface area (Å²) in [6.07, 6.45) is 14.4. The lowest BCUT2D eigenvalue weighted by atomic mass is 9.58. The van der Waals surface area contributed by atoms with E-state index in [1.807, 2.05) is 7.05 Å². The highest BCUT2D eigenvalue weighted by Gasteiger charge is 2.66. The van der Waals surface area contributed by atoms with Gasteiger partial charge in [-0.15, -0.1) is 0 Å². The normalized spacial score (nSPS) is 50.3. The van der Waals surface area contributed by atoms with Crippen LogP contribution in [0, 0.1) is 11.3 Å². The molecular formula is C20H27NO2. The van der Waals surface area contributed by atoms with E-state index < -0.39 is 0 Å². The molecule has 0 aromatic heterocycles. The van der Waals surface area contributed by atoms with E-state index in [9.17, 15) is 5.11 Å². The topological polar surface area (TPSA) is 41.5 Å². The maximum atomic E-state index is 10.6. The molecule has 2 bridgehead atoms. The highest BCUT2D eigenvalue weighted by atomic mass is 16.5. The first kappa shape index (κ1) is 14.3. The Hall–Kier alpha value is -1.06. The van der Waals surface area contributed by atoms with Crippen molar-refractivity contribution in [3.63, 3.8) is 0 Å². The zero-order valence-corrected chi connectivity index (χ0v) is 14.2. The standard InChI is InChI=1S/C20H27NO2/c1-18-8-7-14-11-13-3-4-15(21-2)12-19(13)9-10-20(14,23-19)16(18)5-6-17(18)22/h3,11-12,16-17,21-22H,4-10H2,1-2H3/t16-,17+,18+,19-,20-/m1/s1. The van der Waals surface area contributed by atoms with Gasteiger partial charge >= 0.3 is 0 Å². The minimum Gasteiger partial charge on any atom is -0.393 e. The largest absolute Gasteiger partial charge is 0.393 e. The van der Waals surface area contributed by atoms with Crippen molar-refractivity contribution in [1.82, 2.24) is 5.32 Å². The Balaban J connectivity index is 1.64. The van der Waals surface area contributed by atoms with Gasteiger partial charge in [-0.3, -0.25) is 0 Å². The van der Waals surface area contributed by atoms with Gasteiger partial charge in [0.2, 0.25) is 0 Å². The summed E-state index contributed by atoms with van der Waals surface area (Å²) in [4.78, 5) is 0. The molecule has 124 valence electrons. The summed E-state index contributed by atoms with van der Waals surface area (Å²) in [5, 5.41) is 13.9. The number of nitrogens with one attached hydrogen (secondary N) is 1. The van der Waals surface area contributed by atoms with Crippen molar-refractivity contribution in [3.8, 4) is 0 Å². The van der Waals surface area contributed by atoms with Crippen LogP contribution in [0.4, 0.5) is 0 Å². The number of fused-ring (bicyclic) bond motifs is 1. The SMILES string of the molecule is CNC1=C[C@@]23CC[C@@]4(O2)C(=CC3=CC1)CC[C@@]1(C)[C@H]4CC[C@@H]1O. The van der Waals surface area contributed by atoms with Crippen molar-refractivity contribution < 1.29 is 9.84 Å². The van der Waals surface area contributed by atoms with Crippen molar-refractivity contribution in [3.05, 3.63) is 35.1 Å². The fraction of sp³-hybridized carbons (Fsp3) is 0.700. The maximum absolute atomic E-state index is 10.6. The molecule has 2 saturated carbocycles. The first-order valence-electron chi connectivity index (χ1n) is 9.22. The van der Waals surface area contributed by atoms with E-state index in [4.69, 9.17) is 4.74 Å². The number of allylic oxidation sites excluding steroid dienone is 1. The average molecular weight is 313 g/mol. The molecule has 3 aliphatic carbocycles. The second-order valence-electron chi connectivity index (χ2n) is 8.49. The van der Waals surface area contributed by atoms with Crippen LogP contribution in [0.1, 0.15) is 51.9 Å². The molecule has 2 aliphatic heterocycles. The second kappa shape index (κ2) is 4.31. The molecule has 0 radical (unpaired) electrons. The predicted octanol–water partition coefficient (Wildman–Crippen LogP) is 3.22. The van der Waals surface area contributed by atoms with E-state index in [-0.39, 0.29) is 22.7 Å². The van der Waals surface area contributed by atoms with Crippen molar-refractivity contribution in [2.75, 3.05) is 7.05 Å². The lowest BCUT2D eigenvalue weighted by Gasteiger charge is -2.54. The Morgan fingerprint density at radius 1 is 1.26 bits per heavy atom. The third-order valence-electron chi connectivity index (χ3n) is 7.65. The summed E-state index contributed by atoms with van der Waals surface area (Å²) < 4.78 is 6.98. The maximum Gasteiger partial charge on any atom is 0.114 e. The van der Waals surface area contributed by atoms with Crippen LogP contribution in [0.25, 0.3) is 0 Å². The molecule has 0 aromatic rings. The van der Waals surface area contributed by atoms with Gasteiger partial charge in [-0.05, 0) is 67.1 Å². The van der Waals surface area contributed by atoms with Gasteiger partial charge in [0.1, 0.15) is 5.60 Å². The smallest absolute Gasteiger partial charge is 0.114 e. The molecule has 0 unspecified atom stereocenters. The van der Waals surface area contributed by atoms with Gasteiger partial charge in [0, 0.05) is 19.2 Å². The Labute approximate surface area is 138 Å². The van der Waals surface area contributed by atoms with Gasteiger partial charge in [0.05, 0.1) is 11.7 Å². The lowest BCUT2D eigenvalue weighted by molar-refractivity contribution is -0.133. The fourth-order valence-corrected chi connectivity index (χ4v) is 6.29. The number of hydrogen-bond donors (Lipinski definition) is 2. The number of aliphatic hydroxyl groups is 1. The van der Waals surface area contributed by atoms with Gasteiger partial charge in [0.15, 0.2) is 0 Å². The molecule has 3 fully saturated rings. The molecule has 2 heterocycles. The number of aliphatic hydroxyl groups excluding tert-OH is 1. The highest BCUT2D eigenvalue weighted by Crippen LogP contribution is 2.66. The van der Waals surface area contributed by atoms with E-state index in [1.165, 1.54) is 16.8 Å². The molecule has 1 saturated heterocycles. The second-order valence-corrected chi connectivity index (χ2v) is 8.49. The van der Waals surface area contributed by atoms with Gasteiger partial charge in [0.25, 0.3) is 0 Å². The summed E-state index contributed by atoms with van der Waals surface area (Å²) in [6, 6.07) is 0. The van der Waals surface area contributed by atoms with Crippen molar-refractivity contribution in [1.29, 1.82) is 0 Å². The molecule has 0 amide bonds. The van der Waals surface area contributed by atoms with Crippen LogP contribution >= 0.6 is 0 Å². The van der Waals surface area contributed by atoms with Gasteiger partial charge in [-0.2, -0.15) is 0 Å². The van der Waals surface area contributed by atoms with Gasteiger partial charge in [-0.25, -0.2) is 0 Å². The van der Waals surface area contributed by atoms with Gasteiger partial charge < -0.3 is 15.2 Å². The van der Waals surface area contributed by atoms with E-state index in [0.29, 0.717) is 5.92 Å². The molecule has 5 atom stereocenters. The predicted molar refractivity (Wildman–Crippen MR) is 89.8 cm³/mol. The van der Waals surface area contributed by atoms with Crippen molar-refractivity contribution >= 4 is 0 Å². The Morgan fingerprint density at radius 2 is 2.13 bits per heavy atom. The zero-order valence-electron chi connectivity index (χ0n) is 14.2. The first-order chi connectivity index (χ1) is 11.0. The summed E-state index contributed by atoms with van der Waals surface area (Å²) >= 11 is 0. The molecule has 5 rings (SSSR count). The molecule has 2 N–H and O–H groups in total. The van der Waals surface area contributed by atoms with Crippen LogP contribution in [0.3, 0.4) is 0 Å². The van der Waals surface area contributed by atoms with E-state index >= 15 is 0 Å². The third-order valence-corrected chi connectivity index (χ3v) is 7.65. The van der Waals surface area contributed by atoms with Crippen molar-refractivity contribution in [2.24, 2.45) is 11.3 Å². The minimum absolute atomic E-state index is 0.0360. The Kier molecular flexibility index (Phi) is 2.68. The summed E-state index contributed by atoms with van der Waals surface area (Å²) in [7, 11) is 2.00. The van der Waals surface area contributed by atoms with E-state index in [2.05, 4.69) is 30.5 Å². The average Bonchev–Trinajstić information content (AvgIpc) is 3.02. The van der Waals surface area contributed by atoms with Crippen LogP contribution in [0.15, 0.2) is 35.1 Å². The lowest BCUT2D eigenvalue weighted by Crippen LogP contribution is -2.55. The quantitative estimate of drug-likeness (QED) is 0.781. The summed E-state index contributed by atoms with van der Waals surface area (Å²) in [5.74, 6) is 0.472. The third kappa shape index (κ3) is 1.58. The van der Waals surface area contributed by atoms with E-state index in [1.54, 1.807) is 0 Å². The highest BCUT2D eigenvalue weighted by molar-refractivity contribution is 5.51. The number of hydrogen-bond acceptors (Lipinski definition) is 3. The van der Waals surface area contributed by atoms with Crippen molar-refractivity contribution in [2.45, 2.75) is 69.2 Å². The summed E-state index contributed by atoms with van der Waals surface area (Å²) in [6.45, 7) is 2.30. The number of ether oxygens (including phenoxy) is 1. The number of rotatable bonds is 1. The Bertz CT molecular complexity index is 663. The molecule has 5 aliphatic rings. The molecule has 23 heavy (non-hydrogen) atoms. The fourth-order valence-electron chi connectivity index (χ4n) is 6.29. The monoisotopic (exact) mass is 313 g/mol. The Morgan fingerprint density at radius 3 is 2.96 bits per heavy atom. The van der Waals surface area contributed by atoms with Crippen LogP contribution in [0.2, 0.25) is 0 Å².